The maximum Gasteiger partial charge on any atom is 0.433 e. The molecule has 0 bridgehead atoms. The molecule has 0 fully saturated rings. The Morgan fingerprint density at radius 2 is 1.87 bits per heavy atom. The Bertz CT molecular complexity index is 1270. The minimum atomic E-state index is -4.74. The first-order chi connectivity index (χ1) is 14.6. The number of aromatic nitrogens is 3. The van der Waals surface area contributed by atoms with Crippen molar-refractivity contribution < 1.29 is 22.4 Å². The molecule has 0 aliphatic heterocycles. The number of nitrogens with one attached hydrogen (secondary N) is 1. The van der Waals surface area contributed by atoms with Crippen LogP contribution in [-0.2, 0) is 6.18 Å². The van der Waals surface area contributed by atoms with Crippen molar-refractivity contribution in [1.29, 1.82) is 0 Å². The van der Waals surface area contributed by atoms with E-state index in [0.717, 1.165) is 11.6 Å². The molecule has 0 spiro atoms. The summed E-state index contributed by atoms with van der Waals surface area (Å²) in [5.74, 6) is -0.499. The number of fused-ring (bicyclic) bond motifs is 1. The fraction of sp³-hybridized carbons (Fsp3) is 0.150. The van der Waals surface area contributed by atoms with Crippen molar-refractivity contribution in [2.45, 2.75) is 19.1 Å². The van der Waals surface area contributed by atoms with Gasteiger partial charge in [0.05, 0.1) is 10.5 Å². The third-order valence-corrected chi connectivity index (χ3v) is 5.67. The van der Waals surface area contributed by atoms with Gasteiger partial charge in [0.15, 0.2) is 27.5 Å². The molecule has 0 radical (unpaired) electrons. The summed E-state index contributed by atoms with van der Waals surface area (Å²) >= 11 is 6.32. The van der Waals surface area contributed by atoms with E-state index in [9.17, 15) is 18.0 Å². The van der Waals surface area contributed by atoms with Crippen molar-refractivity contribution >= 4 is 43.4 Å². The molecule has 1 aromatic carbocycles. The Hall–Kier alpha value is -2.66. The molecule has 0 unspecified atom stereocenters. The Balaban J connectivity index is 1.79. The molecule has 3 aromatic heterocycles. The number of halogens is 5. The largest absolute Gasteiger partial charge is 0.448 e. The molecule has 1 N–H and O–H groups in total. The van der Waals surface area contributed by atoms with Crippen LogP contribution in [0.1, 0.15) is 34.7 Å². The summed E-state index contributed by atoms with van der Waals surface area (Å²) in [6, 6.07) is 12.6. The number of carbonyl (C=O) groups excluding carboxylic acids is 1. The summed E-state index contributed by atoms with van der Waals surface area (Å²) in [5, 5.41) is 6.64. The molecule has 4 aromatic rings. The van der Waals surface area contributed by atoms with Gasteiger partial charge >= 0.3 is 6.18 Å². The van der Waals surface area contributed by atoms with Gasteiger partial charge in [0.2, 0.25) is 0 Å². The minimum absolute atomic E-state index is 0.0447. The lowest BCUT2D eigenvalue weighted by molar-refractivity contribution is -0.142. The second-order valence-corrected chi connectivity index (χ2v) is 8.21. The molecule has 0 aliphatic rings. The Labute approximate surface area is 190 Å². The highest BCUT2D eigenvalue weighted by molar-refractivity contribution is 9.10. The molecule has 0 saturated heterocycles. The van der Waals surface area contributed by atoms with Gasteiger partial charge in [0, 0.05) is 0 Å². The Morgan fingerprint density at radius 3 is 2.48 bits per heavy atom. The smallest absolute Gasteiger partial charge is 0.433 e. The van der Waals surface area contributed by atoms with E-state index in [2.05, 4.69) is 47.3 Å². The van der Waals surface area contributed by atoms with Crippen molar-refractivity contribution in [3.8, 4) is 11.5 Å². The van der Waals surface area contributed by atoms with Crippen molar-refractivity contribution in [2.75, 3.05) is 0 Å². The van der Waals surface area contributed by atoms with Gasteiger partial charge in [-0.3, -0.25) is 4.79 Å². The summed E-state index contributed by atoms with van der Waals surface area (Å²) in [6.45, 7) is 1.77. The molecular formula is C20H13Br2F3N4O2. The molecule has 0 aliphatic carbocycles. The van der Waals surface area contributed by atoms with Crippen LogP contribution in [-0.4, -0.2) is 20.5 Å². The number of rotatable bonds is 4. The first kappa shape index (κ1) is 21.6. The number of benzene rings is 1. The van der Waals surface area contributed by atoms with Gasteiger partial charge in [-0.05, 0) is 62.5 Å². The summed E-state index contributed by atoms with van der Waals surface area (Å²) in [5.41, 5.74) is -0.657. The van der Waals surface area contributed by atoms with Crippen LogP contribution < -0.4 is 5.32 Å². The van der Waals surface area contributed by atoms with Gasteiger partial charge in [0.1, 0.15) is 5.69 Å². The number of hydrogen-bond acceptors (Lipinski definition) is 4. The Morgan fingerprint density at radius 1 is 1.16 bits per heavy atom. The minimum Gasteiger partial charge on any atom is -0.448 e. The molecule has 6 nitrogen and oxygen atoms in total. The zero-order valence-electron chi connectivity index (χ0n) is 15.7. The molecule has 3 heterocycles. The van der Waals surface area contributed by atoms with E-state index in [-0.39, 0.29) is 33.3 Å². The lowest BCUT2D eigenvalue weighted by atomic mass is 10.1. The fourth-order valence-electron chi connectivity index (χ4n) is 3.01. The van der Waals surface area contributed by atoms with Crippen LogP contribution in [0.4, 0.5) is 13.2 Å². The third kappa shape index (κ3) is 4.24. The monoisotopic (exact) mass is 556 g/mol. The first-order valence-electron chi connectivity index (χ1n) is 8.93. The highest BCUT2D eigenvalue weighted by atomic mass is 79.9. The molecule has 4 rings (SSSR count). The number of nitrogens with zero attached hydrogens (tertiary/aromatic N) is 3. The van der Waals surface area contributed by atoms with Crippen LogP contribution in [0, 0.1) is 0 Å². The average molecular weight is 558 g/mol. The van der Waals surface area contributed by atoms with Gasteiger partial charge in [-0.1, -0.05) is 30.3 Å². The average Bonchev–Trinajstić information content (AvgIpc) is 3.31. The third-order valence-electron chi connectivity index (χ3n) is 4.51. The summed E-state index contributed by atoms with van der Waals surface area (Å²) in [7, 11) is 0. The highest BCUT2D eigenvalue weighted by Crippen LogP contribution is 2.35. The molecule has 160 valence electrons. The molecule has 1 atom stereocenters. The molecule has 0 saturated carbocycles. The van der Waals surface area contributed by atoms with Crippen molar-refractivity contribution in [1.82, 2.24) is 19.9 Å². The fourth-order valence-corrected chi connectivity index (χ4v) is 3.83. The van der Waals surface area contributed by atoms with Crippen molar-refractivity contribution in [2.24, 2.45) is 0 Å². The van der Waals surface area contributed by atoms with Crippen LogP contribution in [0.15, 0.2) is 62.1 Å². The predicted octanol–water partition coefficient (Wildman–Crippen LogP) is 6.02. The quantitative estimate of drug-likeness (QED) is 0.333. The first-order valence-corrected chi connectivity index (χ1v) is 10.5. The zero-order valence-corrected chi connectivity index (χ0v) is 18.9. The predicted molar refractivity (Wildman–Crippen MR) is 113 cm³/mol. The van der Waals surface area contributed by atoms with Gasteiger partial charge < -0.3 is 9.73 Å². The van der Waals surface area contributed by atoms with Gasteiger partial charge in [-0.25, -0.2) is 9.50 Å². The number of carbonyl (C=O) groups is 1. The van der Waals surface area contributed by atoms with E-state index in [0.29, 0.717) is 9.18 Å². The highest BCUT2D eigenvalue weighted by Gasteiger charge is 2.37. The lowest BCUT2D eigenvalue weighted by Gasteiger charge is -2.13. The normalized spacial score (nSPS) is 12.8. The SMILES string of the molecule is C[C@H](NC(=O)c1nn2c(C(F)(F)F)cc(-c3ccc(Br)o3)nc2c1Br)c1ccccc1. The standard InChI is InChI=1S/C20H13Br2F3N4O2/c1-10(11-5-3-2-4-6-11)26-19(30)17-16(22)18-27-12(13-7-8-15(21)31-13)9-14(20(23,24)25)29(18)28-17/h2-10H,1H3,(H,26,30)/t10-/m0/s1. The van der Waals surface area contributed by atoms with Crippen LogP contribution in [0.3, 0.4) is 0 Å². The van der Waals surface area contributed by atoms with E-state index in [4.69, 9.17) is 4.42 Å². The number of hydrogen-bond donors (Lipinski definition) is 1. The summed E-state index contributed by atoms with van der Waals surface area (Å²) in [6.07, 6.45) is -4.74. The molecular weight excluding hydrogens is 545 g/mol. The van der Waals surface area contributed by atoms with E-state index >= 15 is 0 Å². The van der Waals surface area contributed by atoms with E-state index in [1.54, 1.807) is 13.0 Å². The Kier molecular flexibility index (Phi) is 5.65. The number of amides is 1. The zero-order chi connectivity index (χ0) is 22.3. The number of alkyl halides is 3. The van der Waals surface area contributed by atoms with E-state index in [1.165, 1.54) is 6.07 Å². The van der Waals surface area contributed by atoms with Crippen LogP contribution in [0.2, 0.25) is 0 Å². The van der Waals surface area contributed by atoms with Crippen LogP contribution in [0.5, 0.6) is 0 Å². The molecule has 31 heavy (non-hydrogen) atoms. The number of furan rings is 1. The van der Waals surface area contributed by atoms with E-state index < -0.39 is 17.8 Å². The van der Waals surface area contributed by atoms with E-state index in [1.807, 2.05) is 30.3 Å². The second-order valence-electron chi connectivity index (χ2n) is 6.63. The maximum atomic E-state index is 13.7. The van der Waals surface area contributed by atoms with Crippen LogP contribution in [0.25, 0.3) is 17.1 Å². The maximum absolute atomic E-state index is 13.7. The topological polar surface area (TPSA) is 72.4 Å². The van der Waals surface area contributed by atoms with Gasteiger partial charge in [-0.15, -0.1) is 0 Å². The molecule has 11 heteroatoms. The summed E-state index contributed by atoms with van der Waals surface area (Å²) < 4.78 is 47.6. The van der Waals surface area contributed by atoms with Crippen molar-refractivity contribution in [3.05, 3.63) is 74.6 Å². The van der Waals surface area contributed by atoms with Crippen LogP contribution >= 0.6 is 31.9 Å². The van der Waals surface area contributed by atoms with Crippen molar-refractivity contribution in [3.63, 3.8) is 0 Å². The second kappa shape index (κ2) is 8.12. The molecule has 1 amide bonds. The lowest BCUT2D eigenvalue weighted by Crippen LogP contribution is -2.27. The van der Waals surface area contributed by atoms with Gasteiger partial charge in [-0.2, -0.15) is 18.3 Å². The summed E-state index contributed by atoms with van der Waals surface area (Å²) in [4.78, 5) is 17.0. The van der Waals surface area contributed by atoms with Gasteiger partial charge in [0.25, 0.3) is 5.91 Å².